The van der Waals surface area contributed by atoms with E-state index in [0.29, 0.717) is 18.9 Å². The molecular formula is C30H38O3. The van der Waals surface area contributed by atoms with Crippen molar-refractivity contribution >= 4 is 16.7 Å². The number of esters is 1. The van der Waals surface area contributed by atoms with Gasteiger partial charge >= 0.3 is 5.97 Å². The molecule has 1 unspecified atom stereocenters. The first-order chi connectivity index (χ1) is 16.2. The predicted molar refractivity (Wildman–Crippen MR) is 134 cm³/mol. The van der Waals surface area contributed by atoms with Gasteiger partial charge in [-0.1, -0.05) is 62.8 Å². The average molecular weight is 447 g/mol. The lowest BCUT2D eigenvalue weighted by Gasteiger charge is -2.32. The van der Waals surface area contributed by atoms with Crippen LogP contribution in [0.25, 0.3) is 10.8 Å². The topological polar surface area (TPSA) is 35.5 Å². The van der Waals surface area contributed by atoms with Gasteiger partial charge in [0, 0.05) is 12.8 Å². The van der Waals surface area contributed by atoms with Crippen LogP contribution in [0.4, 0.5) is 0 Å². The number of hydrogen-bond donors (Lipinski definition) is 0. The average Bonchev–Trinajstić information content (AvgIpc) is 3.39. The van der Waals surface area contributed by atoms with Crippen LogP contribution in [0.3, 0.4) is 0 Å². The normalized spacial score (nSPS) is 21.9. The Morgan fingerprint density at radius 2 is 1.64 bits per heavy atom. The van der Waals surface area contributed by atoms with E-state index in [9.17, 15) is 4.79 Å². The van der Waals surface area contributed by atoms with Gasteiger partial charge in [-0.25, -0.2) is 0 Å². The van der Waals surface area contributed by atoms with Crippen molar-refractivity contribution in [3.63, 3.8) is 0 Å². The summed E-state index contributed by atoms with van der Waals surface area (Å²) >= 11 is 0. The van der Waals surface area contributed by atoms with Gasteiger partial charge in [-0.05, 0) is 72.4 Å². The Morgan fingerprint density at radius 1 is 0.939 bits per heavy atom. The lowest BCUT2D eigenvalue weighted by molar-refractivity contribution is -0.145. The lowest BCUT2D eigenvalue weighted by Crippen LogP contribution is -2.27. The van der Waals surface area contributed by atoms with Gasteiger partial charge < -0.3 is 9.47 Å². The quantitative estimate of drug-likeness (QED) is 0.336. The van der Waals surface area contributed by atoms with E-state index in [2.05, 4.69) is 48.2 Å². The van der Waals surface area contributed by atoms with E-state index in [-0.39, 0.29) is 11.9 Å². The van der Waals surface area contributed by atoms with Crippen molar-refractivity contribution in [3.05, 3.63) is 42.0 Å². The summed E-state index contributed by atoms with van der Waals surface area (Å²) in [6, 6.07) is 13.0. The van der Waals surface area contributed by atoms with Crippen molar-refractivity contribution in [2.45, 2.75) is 83.7 Å². The summed E-state index contributed by atoms with van der Waals surface area (Å²) in [5, 5.41) is 2.42. The summed E-state index contributed by atoms with van der Waals surface area (Å²) in [6.07, 6.45) is 13.3. The maximum Gasteiger partial charge on any atom is 0.309 e. The molecule has 0 spiro atoms. The highest BCUT2D eigenvalue weighted by molar-refractivity contribution is 5.84. The van der Waals surface area contributed by atoms with Crippen molar-refractivity contribution in [2.75, 3.05) is 7.11 Å². The number of benzene rings is 2. The number of rotatable bonds is 7. The van der Waals surface area contributed by atoms with Gasteiger partial charge in [-0.2, -0.15) is 0 Å². The molecule has 1 atom stereocenters. The molecule has 3 nitrogen and oxygen atoms in total. The van der Waals surface area contributed by atoms with Crippen LogP contribution >= 0.6 is 0 Å². The van der Waals surface area contributed by atoms with E-state index < -0.39 is 0 Å². The summed E-state index contributed by atoms with van der Waals surface area (Å²) < 4.78 is 11.2. The first-order valence-electron chi connectivity index (χ1n) is 12.9. The Kier molecular flexibility index (Phi) is 8.32. The second-order valence-electron chi connectivity index (χ2n) is 9.91. The molecule has 2 fully saturated rings. The van der Waals surface area contributed by atoms with Gasteiger partial charge in [0.05, 0.1) is 19.1 Å². The van der Waals surface area contributed by atoms with Crippen LogP contribution in [0.15, 0.2) is 36.4 Å². The zero-order valence-electron chi connectivity index (χ0n) is 20.3. The number of carbonyl (C=O) groups is 1. The first-order valence-corrected chi connectivity index (χ1v) is 12.9. The van der Waals surface area contributed by atoms with E-state index in [0.717, 1.165) is 24.0 Å². The fourth-order valence-electron chi connectivity index (χ4n) is 5.68. The molecule has 0 saturated heterocycles. The molecule has 2 aliphatic carbocycles. The molecule has 33 heavy (non-hydrogen) atoms. The molecule has 3 heteroatoms. The Labute approximate surface area is 199 Å². The zero-order chi connectivity index (χ0) is 23.0. The minimum absolute atomic E-state index is 0.129. The van der Waals surface area contributed by atoms with Crippen LogP contribution < -0.4 is 4.74 Å². The monoisotopic (exact) mass is 446 g/mol. The van der Waals surface area contributed by atoms with Crippen LogP contribution in [0.1, 0.15) is 76.7 Å². The highest BCUT2D eigenvalue weighted by Crippen LogP contribution is 2.40. The van der Waals surface area contributed by atoms with Gasteiger partial charge in [0.2, 0.25) is 0 Å². The molecular weight excluding hydrogens is 408 g/mol. The first kappa shape index (κ1) is 23.7. The van der Waals surface area contributed by atoms with Crippen molar-refractivity contribution in [1.29, 1.82) is 0 Å². The molecule has 4 rings (SSSR count). The van der Waals surface area contributed by atoms with Crippen LogP contribution in [-0.4, -0.2) is 19.2 Å². The number of ether oxygens (including phenoxy) is 2. The van der Waals surface area contributed by atoms with Crippen LogP contribution in [0, 0.1) is 29.6 Å². The molecule has 2 saturated carbocycles. The highest BCUT2D eigenvalue weighted by atomic mass is 16.5. The Bertz CT molecular complexity index is 985. The maximum atomic E-state index is 11.7. The Morgan fingerprint density at radius 3 is 2.36 bits per heavy atom. The van der Waals surface area contributed by atoms with Crippen LogP contribution in [-0.2, 0) is 16.0 Å². The van der Waals surface area contributed by atoms with Crippen molar-refractivity contribution in [3.8, 4) is 17.6 Å². The molecule has 0 radical (unpaired) electrons. The van der Waals surface area contributed by atoms with Gasteiger partial charge in [0.25, 0.3) is 0 Å². The minimum Gasteiger partial charge on any atom is -0.490 e. The molecule has 176 valence electrons. The molecule has 0 aromatic heterocycles. The fraction of sp³-hybridized carbons (Fsp3) is 0.567. The largest absolute Gasteiger partial charge is 0.490 e. The number of methoxy groups -OCH3 is 1. The van der Waals surface area contributed by atoms with Gasteiger partial charge in [-0.3, -0.25) is 4.79 Å². The third-order valence-corrected chi connectivity index (χ3v) is 7.76. The van der Waals surface area contributed by atoms with Crippen molar-refractivity contribution in [2.24, 2.45) is 17.8 Å². The summed E-state index contributed by atoms with van der Waals surface area (Å²) in [5.41, 5.74) is 1.19. The van der Waals surface area contributed by atoms with E-state index in [1.165, 1.54) is 74.8 Å². The highest BCUT2D eigenvalue weighted by Gasteiger charge is 2.30. The smallest absolute Gasteiger partial charge is 0.309 e. The molecule has 0 heterocycles. The SMILES string of the molecule is CCC(CC#CCc1ccc2cc(OC3CCC(C4CCCC4)CC3)ccc2c1)C(=O)OC. The van der Waals surface area contributed by atoms with Crippen molar-refractivity contribution < 1.29 is 14.3 Å². The third-order valence-electron chi connectivity index (χ3n) is 7.76. The molecule has 2 aliphatic rings. The second-order valence-corrected chi connectivity index (χ2v) is 9.91. The fourth-order valence-corrected chi connectivity index (χ4v) is 5.68. The molecule has 0 bridgehead atoms. The Hall–Kier alpha value is -2.47. The summed E-state index contributed by atoms with van der Waals surface area (Å²) in [7, 11) is 1.44. The van der Waals surface area contributed by atoms with Crippen LogP contribution in [0.5, 0.6) is 5.75 Å². The lowest BCUT2D eigenvalue weighted by atomic mass is 9.78. The number of hydrogen-bond acceptors (Lipinski definition) is 3. The van der Waals surface area contributed by atoms with E-state index >= 15 is 0 Å². The third kappa shape index (κ3) is 6.32. The van der Waals surface area contributed by atoms with E-state index in [4.69, 9.17) is 9.47 Å². The predicted octanol–water partition coefficient (Wildman–Crippen LogP) is 7.10. The van der Waals surface area contributed by atoms with E-state index in [1.54, 1.807) is 0 Å². The van der Waals surface area contributed by atoms with Crippen molar-refractivity contribution in [1.82, 2.24) is 0 Å². The van der Waals surface area contributed by atoms with Crippen LogP contribution in [0.2, 0.25) is 0 Å². The van der Waals surface area contributed by atoms with Gasteiger partial charge in [-0.15, -0.1) is 5.92 Å². The molecule has 2 aromatic carbocycles. The molecule has 0 N–H and O–H groups in total. The number of fused-ring (bicyclic) bond motifs is 1. The maximum absolute atomic E-state index is 11.7. The van der Waals surface area contributed by atoms with Gasteiger partial charge in [0.15, 0.2) is 0 Å². The van der Waals surface area contributed by atoms with E-state index in [1.807, 2.05) is 6.92 Å². The minimum atomic E-state index is -0.169. The standard InChI is InChI=1S/C30H38O3/c1-3-23(30(31)32-2)9-5-4-8-22-12-13-27-21-29(19-16-26(27)20-22)33-28-17-14-25(15-18-28)24-10-6-7-11-24/h12-13,16,19-21,23-25,28H,3,6-11,14-15,17-18H2,1-2H3. The second kappa shape index (κ2) is 11.6. The van der Waals surface area contributed by atoms with Gasteiger partial charge in [0.1, 0.15) is 5.75 Å². The number of carbonyl (C=O) groups excluding carboxylic acids is 1. The molecule has 2 aromatic rings. The summed E-state index contributed by atoms with van der Waals surface area (Å²) in [6.45, 7) is 1.99. The molecule has 0 amide bonds. The zero-order valence-corrected chi connectivity index (χ0v) is 20.3. The Balaban J connectivity index is 1.30. The molecule has 0 aliphatic heterocycles. The summed E-state index contributed by atoms with van der Waals surface area (Å²) in [4.78, 5) is 11.7. The summed E-state index contributed by atoms with van der Waals surface area (Å²) in [5.74, 6) is 9.00.